The zero-order chi connectivity index (χ0) is 9.56. The summed E-state index contributed by atoms with van der Waals surface area (Å²) in [4.78, 5) is 26.2. The summed E-state index contributed by atoms with van der Waals surface area (Å²) in [5.41, 5.74) is 0. The Bertz CT molecular complexity index is 96.0. The first kappa shape index (κ1) is 12.8. The quantitative estimate of drug-likeness (QED) is 0.418. The van der Waals surface area contributed by atoms with Crippen LogP contribution in [-0.4, -0.2) is 63.9 Å². The normalized spacial score (nSPS) is 12.0. The summed E-state index contributed by atoms with van der Waals surface area (Å²) < 4.78 is 17.0. The maximum Gasteiger partial charge on any atom is 0.558 e. The van der Waals surface area contributed by atoms with Crippen molar-refractivity contribution in [3.8, 4) is 0 Å². The van der Waals surface area contributed by atoms with E-state index in [0.717, 1.165) is 0 Å². The molecule has 0 saturated heterocycles. The van der Waals surface area contributed by atoms with Gasteiger partial charge in [0.25, 0.3) is 0 Å². The van der Waals surface area contributed by atoms with Gasteiger partial charge < -0.3 is 30.8 Å². The minimum absolute atomic E-state index is 2.50. The molecule has 0 rings (SSSR count). The Labute approximate surface area is 80.8 Å². The highest BCUT2D eigenvalue weighted by molar-refractivity contribution is 6.58. The number of rotatable bonds is 6. The van der Waals surface area contributed by atoms with Gasteiger partial charge in [0.1, 0.15) is 0 Å². The summed E-state index contributed by atoms with van der Waals surface area (Å²) in [7, 11) is -2.87. The lowest BCUT2D eigenvalue weighted by atomic mass is 15.6. The second-order valence-corrected chi connectivity index (χ2v) is 6.07. The van der Waals surface area contributed by atoms with Crippen molar-refractivity contribution in [2.24, 2.45) is 0 Å². The lowest BCUT2D eigenvalue weighted by Gasteiger charge is -2.10. The molecular formula is H3O7Si5. The molecule has 0 aliphatic rings. The van der Waals surface area contributed by atoms with Gasteiger partial charge in [-0.1, -0.05) is 0 Å². The van der Waals surface area contributed by atoms with Crippen molar-refractivity contribution in [3.05, 3.63) is 0 Å². The molecule has 0 aliphatic carbocycles. The summed E-state index contributed by atoms with van der Waals surface area (Å²) >= 11 is 0. The fourth-order valence-corrected chi connectivity index (χ4v) is 3.03. The molecule has 0 amide bonds. The summed E-state index contributed by atoms with van der Waals surface area (Å²) in [5, 5.41) is 0. The van der Waals surface area contributed by atoms with Crippen LogP contribution >= 0.6 is 0 Å². The molecule has 9 radical (unpaired) electrons. The predicted octanol–water partition coefficient (Wildman–Crippen LogP) is -3.85. The summed E-state index contributed by atoms with van der Waals surface area (Å²) in [5.74, 6) is 0. The van der Waals surface area contributed by atoms with E-state index in [2.05, 4.69) is 37.4 Å². The van der Waals surface area contributed by atoms with Crippen LogP contribution in [0.1, 0.15) is 0 Å². The van der Waals surface area contributed by atoms with Gasteiger partial charge >= 0.3 is 28.6 Å². The molecule has 0 aromatic carbocycles. The molecule has 7 nitrogen and oxygen atoms in total. The van der Waals surface area contributed by atoms with Crippen molar-refractivity contribution >= 4 is 49.6 Å². The third-order valence-corrected chi connectivity index (χ3v) is 4.71. The largest absolute Gasteiger partial charge is 0.558 e. The van der Waals surface area contributed by atoms with Crippen LogP contribution in [0.5, 0.6) is 0 Å². The SMILES string of the molecule is O[Si](O[Si])O[Si](O)O[Si](O)O[Si]. The van der Waals surface area contributed by atoms with Crippen LogP contribution < -0.4 is 0 Å². The van der Waals surface area contributed by atoms with Gasteiger partial charge in [-0.25, -0.2) is 0 Å². The average molecular weight is 255 g/mol. The first-order chi connectivity index (χ1) is 5.60. The van der Waals surface area contributed by atoms with E-state index in [4.69, 9.17) is 14.4 Å². The second kappa shape index (κ2) is 7.23. The van der Waals surface area contributed by atoms with Gasteiger partial charge in [0.05, 0.1) is 0 Å². The third-order valence-electron chi connectivity index (χ3n) is 0.524. The molecule has 0 saturated carbocycles. The zero-order valence-electron chi connectivity index (χ0n) is 5.47. The maximum absolute atomic E-state index is 8.84. The van der Waals surface area contributed by atoms with Crippen molar-refractivity contribution < 1.29 is 30.8 Å². The van der Waals surface area contributed by atoms with Crippen molar-refractivity contribution in [2.75, 3.05) is 0 Å². The molecule has 0 atom stereocenters. The zero-order valence-corrected chi connectivity index (χ0v) is 10.5. The number of hydrogen-bond donors (Lipinski definition) is 3. The predicted molar refractivity (Wildman–Crippen MR) is 39.8 cm³/mol. The highest BCUT2D eigenvalue weighted by Gasteiger charge is 2.27. The van der Waals surface area contributed by atoms with E-state index in [9.17, 15) is 0 Å². The van der Waals surface area contributed by atoms with Crippen molar-refractivity contribution in [3.63, 3.8) is 0 Å². The Morgan fingerprint density at radius 3 is 1.33 bits per heavy atom. The van der Waals surface area contributed by atoms with Gasteiger partial charge in [-0.3, -0.25) is 0 Å². The molecule has 0 fully saturated rings. The first-order valence-corrected chi connectivity index (χ1v) is 6.91. The van der Waals surface area contributed by atoms with Crippen LogP contribution in [0.25, 0.3) is 0 Å². The molecule has 12 heteroatoms. The Morgan fingerprint density at radius 2 is 1.08 bits per heavy atom. The van der Waals surface area contributed by atoms with Crippen molar-refractivity contribution in [1.29, 1.82) is 0 Å². The fraction of sp³-hybridized carbons (Fsp3) is 0. The monoisotopic (exact) mass is 255 g/mol. The molecule has 3 N–H and O–H groups in total. The summed E-state index contributed by atoms with van der Waals surface area (Å²) in [6.45, 7) is 0. The second-order valence-electron chi connectivity index (χ2n) is 1.21. The van der Waals surface area contributed by atoms with Crippen molar-refractivity contribution in [2.45, 2.75) is 0 Å². The third kappa shape index (κ3) is 6.33. The van der Waals surface area contributed by atoms with Gasteiger partial charge in [0.2, 0.25) is 21.0 Å². The Balaban J connectivity index is 3.51. The molecule has 0 aliphatic heterocycles. The molecular weight excluding hydrogens is 252 g/mol. The topological polar surface area (TPSA) is 97.6 Å². The smallest absolute Gasteiger partial charge is 0.414 e. The summed E-state index contributed by atoms with van der Waals surface area (Å²) in [6.07, 6.45) is 0. The lowest BCUT2D eigenvalue weighted by molar-refractivity contribution is 0.196. The molecule has 12 heavy (non-hydrogen) atoms. The molecule has 65 valence electrons. The minimum Gasteiger partial charge on any atom is -0.414 e. The highest BCUT2D eigenvalue weighted by atomic mass is 28.5. The molecule has 0 bridgehead atoms. The molecule has 0 spiro atoms. The van der Waals surface area contributed by atoms with E-state index in [0.29, 0.717) is 0 Å². The minimum atomic E-state index is -2.73. The van der Waals surface area contributed by atoms with Crippen LogP contribution in [-0.2, 0) is 16.5 Å². The standard InChI is InChI=1S/H3O7Si5/c1-10(4-8)6-12(3)7-11(2)5-9/h1-3H. The Morgan fingerprint density at radius 1 is 0.750 bits per heavy atom. The Kier molecular flexibility index (Phi) is 7.72. The van der Waals surface area contributed by atoms with E-state index in [1.54, 1.807) is 0 Å². The van der Waals surface area contributed by atoms with Gasteiger partial charge in [0.15, 0.2) is 0 Å². The van der Waals surface area contributed by atoms with E-state index < -0.39 is 28.6 Å². The van der Waals surface area contributed by atoms with Gasteiger partial charge in [-0.15, -0.1) is 0 Å². The van der Waals surface area contributed by atoms with Crippen LogP contribution in [0.4, 0.5) is 0 Å². The van der Waals surface area contributed by atoms with Crippen LogP contribution in [0, 0.1) is 0 Å². The fourth-order valence-electron chi connectivity index (χ4n) is 0.212. The summed E-state index contributed by atoms with van der Waals surface area (Å²) in [6, 6.07) is 0. The van der Waals surface area contributed by atoms with E-state index >= 15 is 0 Å². The average Bonchev–Trinajstić information content (AvgIpc) is 2.03. The van der Waals surface area contributed by atoms with Crippen molar-refractivity contribution in [1.82, 2.24) is 0 Å². The van der Waals surface area contributed by atoms with E-state index in [-0.39, 0.29) is 0 Å². The van der Waals surface area contributed by atoms with Crippen LogP contribution in [0.2, 0.25) is 0 Å². The molecule has 0 heterocycles. The molecule has 0 aromatic rings. The number of hydrogen-bond acceptors (Lipinski definition) is 7. The van der Waals surface area contributed by atoms with E-state index in [1.165, 1.54) is 0 Å². The maximum atomic E-state index is 8.84. The van der Waals surface area contributed by atoms with Gasteiger partial charge in [-0.2, -0.15) is 0 Å². The molecule has 0 aromatic heterocycles. The first-order valence-electron chi connectivity index (χ1n) is 2.30. The van der Waals surface area contributed by atoms with Gasteiger partial charge in [0, 0.05) is 0 Å². The lowest BCUT2D eigenvalue weighted by Crippen LogP contribution is -2.39. The Hall–Kier alpha value is 0.804. The van der Waals surface area contributed by atoms with Gasteiger partial charge in [-0.05, 0) is 0 Å². The molecule has 0 unspecified atom stereocenters. The highest BCUT2D eigenvalue weighted by Crippen LogP contribution is 1.90. The van der Waals surface area contributed by atoms with E-state index in [1.807, 2.05) is 0 Å². The van der Waals surface area contributed by atoms with Crippen LogP contribution in [0.3, 0.4) is 0 Å². The van der Waals surface area contributed by atoms with Crippen LogP contribution in [0.15, 0.2) is 0 Å².